The molecule has 0 unspecified atom stereocenters. The van der Waals surface area contributed by atoms with Crippen LogP contribution in [0.15, 0.2) is 36.5 Å². The number of anilines is 2. The Labute approximate surface area is 111 Å². The summed E-state index contributed by atoms with van der Waals surface area (Å²) < 4.78 is 13.1. The van der Waals surface area contributed by atoms with Crippen molar-refractivity contribution in [1.82, 2.24) is 4.98 Å². The topological polar surface area (TPSA) is 16.1 Å². The van der Waals surface area contributed by atoms with Crippen LogP contribution in [-0.4, -0.2) is 12.0 Å². The molecule has 0 aliphatic rings. The van der Waals surface area contributed by atoms with Gasteiger partial charge in [-0.25, -0.2) is 9.37 Å². The second kappa shape index (κ2) is 5.36. The van der Waals surface area contributed by atoms with Crippen molar-refractivity contribution in [2.75, 3.05) is 11.9 Å². The SMILES string of the molecule is Cc1ccccc1N(C)c1ncc(F)cc1CCl. The van der Waals surface area contributed by atoms with E-state index in [1.54, 1.807) is 0 Å². The van der Waals surface area contributed by atoms with Crippen molar-refractivity contribution in [2.24, 2.45) is 0 Å². The second-order valence-electron chi connectivity index (χ2n) is 4.12. The lowest BCUT2D eigenvalue weighted by atomic mass is 10.1. The predicted molar refractivity (Wildman–Crippen MR) is 73.0 cm³/mol. The van der Waals surface area contributed by atoms with Crippen LogP contribution in [0.25, 0.3) is 0 Å². The molecule has 0 saturated heterocycles. The van der Waals surface area contributed by atoms with E-state index < -0.39 is 0 Å². The standard InChI is InChI=1S/C14H14ClFN2/c1-10-5-3-4-6-13(10)18(2)14-11(8-15)7-12(16)9-17-14/h3-7,9H,8H2,1-2H3. The number of halogens is 2. The Morgan fingerprint density at radius 1 is 1.33 bits per heavy atom. The van der Waals surface area contributed by atoms with Gasteiger partial charge in [0, 0.05) is 18.3 Å². The van der Waals surface area contributed by atoms with Crippen molar-refractivity contribution in [3.63, 3.8) is 0 Å². The van der Waals surface area contributed by atoms with Crippen molar-refractivity contribution < 1.29 is 4.39 Å². The van der Waals surface area contributed by atoms with Crippen LogP contribution < -0.4 is 4.90 Å². The van der Waals surface area contributed by atoms with Gasteiger partial charge in [-0.15, -0.1) is 11.6 Å². The number of para-hydroxylation sites is 1. The highest BCUT2D eigenvalue weighted by atomic mass is 35.5. The van der Waals surface area contributed by atoms with Gasteiger partial charge in [0.05, 0.1) is 12.1 Å². The third kappa shape index (κ3) is 2.46. The van der Waals surface area contributed by atoms with Gasteiger partial charge in [-0.2, -0.15) is 0 Å². The maximum atomic E-state index is 13.1. The van der Waals surface area contributed by atoms with E-state index in [9.17, 15) is 4.39 Å². The number of benzene rings is 1. The van der Waals surface area contributed by atoms with Gasteiger partial charge in [-0.1, -0.05) is 18.2 Å². The van der Waals surface area contributed by atoms with E-state index in [1.165, 1.54) is 12.3 Å². The Kier molecular flexibility index (Phi) is 3.82. The fraction of sp³-hybridized carbons (Fsp3) is 0.214. The smallest absolute Gasteiger partial charge is 0.141 e. The zero-order valence-corrected chi connectivity index (χ0v) is 11.1. The summed E-state index contributed by atoms with van der Waals surface area (Å²) in [5.41, 5.74) is 2.84. The number of nitrogens with zero attached hydrogens (tertiary/aromatic N) is 2. The molecule has 1 heterocycles. The first kappa shape index (κ1) is 12.8. The number of hydrogen-bond acceptors (Lipinski definition) is 2. The van der Waals surface area contributed by atoms with Crippen LogP contribution in [0.3, 0.4) is 0 Å². The third-order valence-electron chi connectivity index (χ3n) is 2.85. The van der Waals surface area contributed by atoms with Crippen LogP contribution in [0, 0.1) is 12.7 Å². The minimum Gasteiger partial charge on any atom is -0.329 e. The monoisotopic (exact) mass is 264 g/mol. The summed E-state index contributed by atoms with van der Waals surface area (Å²) in [5, 5.41) is 0. The molecule has 4 heteroatoms. The third-order valence-corrected chi connectivity index (χ3v) is 3.14. The molecule has 0 aliphatic heterocycles. The van der Waals surface area contributed by atoms with Crippen LogP contribution in [0.2, 0.25) is 0 Å². The number of aryl methyl sites for hydroxylation is 1. The molecule has 2 aromatic rings. The quantitative estimate of drug-likeness (QED) is 0.778. The first-order valence-electron chi connectivity index (χ1n) is 5.63. The maximum absolute atomic E-state index is 13.1. The minimum absolute atomic E-state index is 0.232. The van der Waals surface area contributed by atoms with Gasteiger partial charge in [-0.05, 0) is 24.6 Å². The number of hydrogen-bond donors (Lipinski definition) is 0. The van der Waals surface area contributed by atoms with Crippen molar-refractivity contribution >= 4 is 23.1 Å². The molecule has 0 radical (unpaired) electrons. The largest absolute Gasteiger partial charge is 0.329 e. The maximum Gasteiger partial charge on any atom is 0.141 e. The van der Waals surface area contributed by atoms with Crippen molar-refractivity contribution in [3.8, 4) is 0 Å². The normalized spacial score (nSPS) is 10.4. The van der Waals surface area contributed by atoms with Crippen LogP contribution in [0.4, 0.5) is 15.9 Å². The van der Waals surface area contributed by atoms with Gasteiger partial charge in [0.25, 0.3) is 0 Å². The van der Waals surface area contributed by atoms with E-state index in [0.29, 0.717) is 11.4 Å². The number of alkyl halides is 1. The second-order valence-corrected chi connectivity index (χ2v) is 4.38. The molecule has 0 saturated carbocycles. The van der Waals surface area contributed by atoms with Crippen molar-refractivity contribution in [2.45, 2.75) is 12.8 Å². The molecule has 0 spiro atoms. The van der Waals surface area contributed by atoms with Gasteiger partial charge in [-0.3, -0.25) is 0 Å². The van der Waals surface area contributed by atoms with Crippen molar-refractivity contribution in [1.29, 1.82) is 0 Å². The van der Waals surface area contributed by atoms with Gasteiger partial charge in [0.15, 0.2) is 0 Å². The number of pyridine rings is 1. The summed E-state index contributed by atoms with van der Waals surface area (Å²) in [6, 6.07) is 9.38. The van der Waals surface area contributed by atoms with E-state index in [-0.39, 0.29) is 11.7 Å². The van der Waals surface area contributed by atoms with E-state index in [4.69, 9.17) is 11.6 Å². The lowest BCUT2D eigenvalue weighted by molar-refractivity contribution is 0.619. The summed E-state index contributed by atoms with van der Waals surface area (Å²) in [6.07, 6.45) is 1.21. The highest BCUT2D eigenvalue weighted by Gasteiger charge is 2.12. The molecule has 0 amide bonds. The predicted octanol–water partition coefficient (Wildman–Crippen LogP) is 4.04. The Hall–Kier alpha value is -1.61. The molecule has 2 nitrogen and oxygen atoms in total. The molecule has 1 aromatic carbocycles. The summed E-state index contributed by atoms with van der Waals surface area (Å²) in [7, 11) is 1.90. The Bertz CT molecular complexity index is 557. The zero-order valence-electron chi connectivity index (χ0n) is 10.3. The lowest BCUT2D eigenvalue weighted by Gasteiger charge is -2.22. The van der Waals surface area contributed by atoms with Gasteiger partial charge in [0.2, 0.25) is 0 Å². The molecule has 2 rings (SSSR count). The highest BCUT2D eigenvalue weighted by Crippen LogP contribution is 2.28. The first-order chi connectivity index (χ1) is 8.63. The fourth-order valence-corrected chi connectivity index (χ4v) is 2.12. The highest BCUT2D eigenvalue weighted by molar-refractivity contribution is 6.17. The van der Waals surface area contributed by atoms with Gasteiger partial charge >= 0.3 is 0 Å². The van der Waals surface area contributed by atoms with Crippen LogP contribution >= 0.6 is 11.6 Å². The molecule has 1 aromatic heterocycles. The van der Waals surface area contributed by atoms with Crippen molar-refractivity contribution in [3.05, 3.63) is 53.5 Å². The van der Waals surface area contributed by atoms with E-state index in [2.05, 4.69) is 4.98 Å². The molecule has 0 fully saturated rings. The van der Waals surface area contributed by atoms with E-state index in [1.807, 2.05) is 43.1 Å². The lowest BCUT2D eigenvalue weighted by Crippen LogP contribution is -2.14. The molecule has 0 N–H and O–H groups in total. The zero-order chi connectivity index (χ0) is 13.1. The molecule has 0 atom stereocenters. The summed E-state index contributed by atoms with van der Waals surface area (Å²) in [4.78, 5) is 6.06. The van der Waals surface area contributed by atoms with E-state index in [0.717, 1.165) is 11.3 Å². The van der Waals surface area contributed by atoms with Gasteiger partial charge in [0.1, 0.15) is 11.6 Å². The molecular weight excluding hydrogens is 251 g/mol. The van der Waals surface area contributed by atoms with Crippen LogP contribution in [0.1, 0.15) is 11.1 Å². The number of aromatic nitrogens is 1. The molecule has 18 heavy (non-hydrogen) atoms. The Balaban J connectivity index is 2.46. The molecule has 0 aliphatic carbocycles. The average Bonchev–Trinajstić information content (AvgIpc) is 2.38. The molecule has 94 valence electrons. The Morgan fingerprint density at radius 3 is 2.72 bits per heavy atom. The summed E-state index contributed by atoms with van der Waals surface area (Å²) in [6.45, 7) is 2.02. The van der Waals surface area contributed by atoms with Crippen LogP contribution in [0.5, 0.6) is 0 Å². The van der Waals surface area contributed by atoms with Crippen LogP contribution in [-0.2, 0) is 5.88 Å². The Morgan fingerprint density at radius 2 is 2.06 bits per heavy atom. The molecular formula is C14H14ClFN2. The van der Waals surface area contributed by atoms with E-state index >= 15 is 0 Å². The molecule has 0 bridgehead atoms. The summed E-state index contributed by atoms with van der Waals surface area (Å²) in [5.74, 6) is 0.546. The average molecular weight is 265 g/mol. The first-order valence-corrected chi connectivity index (χ1v) is 6.16. The minimum atomic E-state index is -0.368. The number of rotatable bonds is 3. The fourth-order valence-electron chi connectivity index (χ4n) is 1.93. The summed E-state index contributed by atoms with van der Waals surface area (Å²) >= 11 is 5.84. The van der Waals surface area contributed by atoms with Gasteiger partial charge < -0.3 is 4.90 Å².